The van der Waals surface area contributed by atoms with Crippen molar-refractivity contribution in [2.45, 2.75) is 39.7 Å². The molecule has 0 bridgehead atoms. The van der Waals surface area contributed by atoms with Crippen LogP contribution in [0.1, 0.15) is 50.8 Å². The van der Waals surface area contributed by atoms with E-state index in [2.05, 4.69) is 31.3 Å². The lowest BCUT2D eigenvalue weighted by molar-refractivity contribution is -0.385. The number of nitrogens with one attached hydrogen (secondary N) is 1. The van der Waals surface area contributed by atoms with Crippen LogP contribution in [0, 0.1) is 16.0 Å². The molecule has 0 saturated carbocycles. The summed E-state index contributed by atoms with van der Waals surface area (Å²) in [7, 11) is 0. The van der Waals surface area contributed by atoms with Crippen LogP contribution in [0.5, 0.6) is 5.75 Å². The van der Waals surface area contributed by atoms with Gasteiger partial charge in [-0.25, -0.2) is 0 Å². The zero-order valence-electron chi connectivity index (χ0n) is 16.1. The molecule has 0 radical (unpaired) electrons. The summed E-state index contributed by atoms with van der Waals surface area (Å²) < 4.78 is 5.37. The summed E-state index contributed by atoms with van der Waals surface area (Å²) >= 11 is 0. The number of carbonyl (C=O) groups excluding carboxylic acids is 1. The monoisotopic (exact) mass is 370 g/mol. The van der Waals surface area contributed by atoms with Crippen molar-refractivity contribution in [3.63, 3.8) is 0 Å². The van der Waals surface area contributed by atoms with Crippen molar-refractivity contribution in [2.75, 3.05) is 6.61 Å². The smallest absolute Gasteiger partial charge is 0.310 e. The van der Waals surface area contributed by atoms with Crippen LogP contribution in [-0.2, 0) is 4.79 Å². The molecule has 0 aliphatic carbocycles. The third-order valence-corrected chi connectivity index (χ3v) is 4.37. The van der Waals surface area contributed by atoms with E-state index in [0.29, 0.717) is 5.92 Å². The third kappa shape index (κ3) is 5.54. The second-order valence-electron chi connectivity index (χ2n) is 7.12. The van der Waals surface area contributed by atoms with Crippen LogP contribution in [0.15, 0.2) is 48.5 Å². The molecule has 0 aliphatic rings. The van der Waals surface area contributed by atoms with Crippen LogP contribution in [0.3, 0.4) is 0 Å². The molecular formula is C21H26N2O4. The van der Waals surface area contributed by atoms with Gasteiger partial charge in [0.2, 0.25) is 0 Å². The Bertz CT molecular complexity index is 785. The lowest BCUT2D eigenvalue weighted by Crippen LogP contribution is -2.35. The average Bonchev–Trinajstić information content (AvgIpc) is 2.64. The van der Waals surface area contributed by atoms with E-state index in [1.807, 2.05) is 26.0 Å². The van der Waals surface area contributed by atoms with Crippen molar-refractivity contribution < 1.29 is 14.5 Å². The lowest BCUT2D eigenvalue weighted by atomic mass is 9.93. The summed E-state index contributed by atoms with van der Waals surface area (Å²) in [5.41, 5.74) is 2.11. The number of rotatable bonds is 8. The Hall–Kier alpha value is -2.89. The number of nitro benzene ring substituents is 1. The summed E-state index contributed by atoms with van der Waals surface area (Å²) in [6.07, 6.45) is 0. The predicted octanol–water partition coefficient (Wildman–Crippen LogP) is 4.61. The molecule has 27 heavy (non-hydrogen) atoms. The maximum absolute atomic E-state index is 12.4. The number of nitrogens with zero attached hydrogens (tertiary/aromatic N) is 1. The highest BCUT2D eigenvalue weighted by atomic mass is 16.6. The summed E-state index contributed by atoms with van der Waals surface area (Å²) in [5, 5.41) is 14.0. The minimum absolute atomic E-state index is 0.0834. The van der Waals surface area contributed by atoms with Gasteiger partial charge in [0.25, 0.3) is 5.91 Å². The van der Waals surface area contributed by atoms with E-state index in [9.17, 15) is 14.9 Å². The van der Waals surface area contributed by atoms with Gasteiger partial charge in [-0.1, -0.05) is 64.1 Å². The fraction of sp³-hybridized carbons (Fsp3) is 0.381. The number of carbonyl (C=O) groups is 1. The van der Waals surface area contributed by atoms with Gasteiger partial charge in [-0.05, 0) is 29.0 Å². The Morgan fingerprint density at radius 2 is 1.63 bits per heavy atom. The first-order valence-electron chi connectivity index (χ1n) is 9.05. The van der Waals surface area contributed by atoms with E-state index in [4.69, 9.17) is 4.74 Å². The topological polar surface area (TPSA) is 81.5 Å². The van der Waals surface area contributed by atoms with Crippen molar-refractivity contribution in [3.8, 4) is 5.75 Å². The van der Waals surface area contributed by atoms with Gasteiger partial charge in [-0.3, -0.25) is 14.9 Å². The minimum Gasteiger partial charge on any atom is -0.477 e. The molecule has 0 saturated heterocycles. The molecule has 0 spiro atoms. The van der Waals surface area contributed by atoms with Gasteiger partial charge in [-0.15, -0.1) is 0 Å². The Morgan fingerprint density at radius 1 is 1.04 bits per heavy atom. The van der Waals surface area contributed by atoms with Crippen LogP contribution >= 0.6 is 0 Å². The quantitative estimate of drug-likeness (QED) is 0.543. The van der Waals surface area contributed by atoms with Crippen LogP contribution in [0.25, 0.3) is 0 Å². The molecule has 2 aromatic carbocycles. The fourth-order valence-electron chi connectivity index (χ4n) is 2.81. The Morgan fingerprint density at radius 3 is 2.19 bits per heavy atom. The zero-order valence-corrected chi connectivity index (χ0v) is 16.1. The highest BCUT2D eigenvalue weighted by Crippen LogP contribution is 2.26. The number of nitro groups is 1. The summed E-state index contributed by atoms with van der Waals surface area (Å²) in [5.74, 6) is 0.394. The average molecular weight is 370 g/mol. The zero-order chi connectivity index (χ0) is 20.0. The van der Waals surface area contributed by atoms with Crippen molar-refractivity contribution in [2.24, 2.45) is 5.92 Å². The molecule has 1 atom stereocenters. The van der Waals surface area contributed by atoms with Crippen LogP contribution < -0.4 is 10.1 Å². The van der Waals surface area contributed by atoms with Crippen molar-refractivity contribution in [1.29, 1.82) is 0 Å². The molecule has 6 heteroatoms. The van der Waals surface area contributed by atoms with Crippen molar-refractivity contribution in [1.82, 2.24) is 5.32 Å². The molecule has 0 unspecified atom stereocenters. The van der Waals surface area contributed by atoms with Crippen molar-refractivity contribution >= 4 is 11.6 Å². The van der Waals surface area contributed by atoms with E-state index >= 15 is 0 Å². The van der Waals surface area contributed by atoms with Crippen LogP contribution in [0.4, 0.5) is 5.69 Å². The maximum atomic E-state index is 12.4. The van der Waals surface area contributed by atoms with Gasteiger partial charge >= 0.3 is 5.69 Å². The first kappa shape index (κ1) is 20.4. The third-order valence-electron chi connectivity index (χ3n) is 4.37. The Kier molecular flexibility index (Phi) is 6.93. The molecule has 2 aromatic rings. The second-order valence-corrected chi connectivity index (χ2v) is 7.12. The normalized spacial score (nSPS) is 12.1. The number of benzene rings is 2. The highest BCUT2D eigenvalue weighted by Gasteiger charge is 2.20. The number of para-hydroxylation sites is 2. The second kappa shape index (κ2) is 9.16. The summed E-state index contributed by atoms with van der Waals surface area (Å²) in [4.78, 5) is 22.8. The predicted molar refractivity (Wildman–Crippen MR) is 105 cm³/mol. The molecule has 0 fully saturated rings. The SMILES string of the molecule is CC(C)c1ccc([C@H](NC(=O)COc2ccccc2[N+](=O)[O-])C(C)C)cc1. The van der Waals surface area contributed by atoms with Crippen LogP contribution in [0.2, 0.25) is 0 Å². The first-order valence-corrected chi connectivity index (χ1v) is 9.05. The first-order chi connectivity index (χ1) is 12.8. The van der Waals surface area contributed by atoms with Gasteiger partial charge in [0.1, 0.15) is 0 Å². The van der Waals surface area contributed by atoms with Gasteiger partial charge < -0.3 is 10.1 Å². The summed E-state index contributed by atoms with van der Waals surface area (Å²) in [6, 6.07) is 14.1. The maximum Gasteiger partial charge on any atom is 0.310 e. The van der Waals surface area contributed by atoms with E-state index in [0.717, 1.165) is 5.56 Å². The number of hydrogen-bond donors (Lipinski definition) is 1. The van der Waals surface area contributed by atoms with E-state index in [-0.39, 0.29) is 35.9 Å². The summed E-state index contributed by atoms with van der Waals surface area (Å²) in [6.45, 7) is 8.06. The molecular weight excluding hydrogens is 344 g/mol. The molecule has 0 aromatic heterocycles. The van der Waals surface area contributed by atoms with Crippen LogP contribution in [-0.4, -0.2) is 17.4 Å². The number of ether oxygens (including phenoxy) is 1. The Labute approximate surface area is 159 Å². The highest BCUT2D eigenvalue weighted by molar-refractivity contribution is 5.78. The van der Waals surface area contributed by atoms with Gasteiger partial charge in [-0.2, -0.15) is 0 Å². The molecule has 0 aliphatic heterocycles. The Balaban J connectivity index is 2.04. The van der Waals surface area contributed by atoms with Gasteiger partial charge in [0.05, 0.1) is 11.0 Å². The fourth-order valence-corrected chi connectivity index (χ4v) is 2.81. The molecule has 144 valence electrons. The van der Waals surface area contributed by atoms with Crippen molar-refractivity contribution in [3.05, 3.63) is 69.8 Å². The molecule has 0 heterocycles. The lowest BCUT2D eigenvalue weighted by Gasteiger charge is -2.23. The molecule has 1 amide bonds. The molecule has 6 nitrogen and oxygen atoms in total. The minimum atomic E-state index is -0.527. The number of amides is 1. The molecule has 1 N–H and O–H groups in total. The van der Waals surface area contributed by atoms with E-state index in [1.54, 1.807) is 12.1 Å². The van der Waals surface area contributed by atoms with E-state index in [1.165, 1.54) is 17.7 Å². The molecule has 2 rings (SSSR count). The number of hydrogen-bond acceptors (Lipinski definition) is 4. The largest absolute Gasteiger partial charge is 0.477 e. The van der Waals surface area contributed by atoms with E-state index < -0.39 is 4.92 Å². The van der Waals surface area contributed by atoms with Gasteiger partial charge in [0, 0.05) is 6.07 Å². The standard InChI is InChI=1S/C21H26N2O4/c1-14(2)16-9-11-17(12-10-16)21(15(3)4)22-20(24)13-27-19-8-6-5-7-18(19)23(25)26/h5-12,14-15,21H,13H2,1-4H3,(H,22,24)/t21-/m1/s1. The van der Waals surface area contributed by atoms with Gasteiger partial charge in [0.15, 0.2) is 12.4 Å².